The molecule has 0 aromatic carbocycles. The molecule has 0 saturated carbocycles. The maximum Gasteiger partial charge on any atom is 0.217 e. The van der Waals surface area contributed by atoms with E-state index in [2.05, 4.69) is 10.6 Å². The van der Waals surface area contributed by atoms with Gasteiger partial charge in [-0.25, -0.2) is 0 Å². The van der Waals surface area contributed by atoms with Gasteiger partial charge in [-0.15, -0.1) is 0 Å². The van der Waals surface area contributed by atoms with Crippen LogP contribution in [-0.2, 0) is 52.2 Å². The second kappa shape index (κ2) is 22.0. The predicted molar refractivity (Wildman–Crippen MR) is 190 cm³/mol. The molecule has 0 bridgehead atoms. The lowest BCUT2D eigenvalue weighted by atomic mass is 9.94. The first-order valence-electron chi connectivity index (χ1n) is 19.6. The number of hydrogen-bond acceptors (Lipinski definition) is 26. The van der Waals surface area contributed by atoms with Gasteiger partial charge in [0.25, 0.3) is 0 Å². The fourth-order valence-electron chi connectivity index (χ4n) is 7.63. The lowest BCUT2D eigenvalue weighted by molar-refractivity contribution is -0.366. The molecule has 360 valence electrons. The zero-order chi connectivity index (χ0) is 45.9. The number of rotatable bonds is 15. The molecule has 62 heavy (non-hydrogen) atoms. The van der Waals surface area contributed by atoms with E-state index in [0.717, 1.165) is 13.8 Å². The maximum atomic E-state index is 12.3. The molecule has 28 heteroatoms. The number of nitrogens with one attached hydrogen (secondary N) is 2. The summed E-state index contributed by atoms with van der Waals surface area (Å²) in [5.74, 6) is -1.45. The summed E-state index contributed by atoms with van der Waals surface area (Å²) >= 11 is 0. The van der Waals surface area contributed by atoms with Gasteiger partial charge in [0.15, 0.2) is 31.5 Å². The molecule has 0 aliphatic carbocycles. The van der Waals surface area contributed by atoms with Crippen LogP contribution in [0.2, 0.25) is 0 Å². The maximum absolute atomic E-state index is 12.3. The van der Waals surface area contributed by atoms with Crippen molar-refractivity contribution in [1.82, 2.24) is 10.6 Å². The highest BCUT2D eigenvalue weighted by Crippen LogP contribution is 2.33. The van der Waals surface area contributed by atoms with Crippen LogP contribution in [0.3, 0.4) is 0 Å². The summed E-state index contributed by atoms with van der Waals surface area (Å²) in [6.45, 7) is -1.93. The van der Waals surface area contributed by atoms with Crippen molar-refractivity contribution in [3.8, 4) is 0 Å². The molecule has 5 aliphatic heterocycles. The monoisotopic (exact) mass is 910 g/mol. The van der Waals surface area contributed by atoms with Gasteiger partial charge in [0, 0.05) is 13.8 Å². The Balaban J connectivity index is 1.26. The van der Waals surface area contributed by atoms with E-state index in [1.807, 2.05) is 0 Å². The van der Waals surface area contributed by atoms with Crippen molar-refractivity contribution in [3.63, 3.8) is 0 Å². The van der Waals surface area contributed by atoms with Gasteiger partial charge < -0.3 is 130 Å². The lowest BCUT2D eigenvalue weighted by Gasteiger charge is -2.49. The van der Waals surface area contributed by atoms with Crippen molar-refractivity contribution >= 4 is 11.8 Å². The van der Waals surface area contributed by atoms with E-state index in [1.165, 1.54) is 0 Å². The molecule has 0 spiro atoms. The number of carbonyl (C=O) groups excluding carboxylic acids is 2. The molecule has 5 heterocycles. The number of aliphatic hydroxyl groups excluding tert-OH is 15. The van der Waals surface area contributed by atoms with Crippen LogP contribution in [0.5, 0.6) is 0 Å². The van der Waals surface area contributed by atoms with Crippen LogP contribution in [0, 0.1) is 0 Å². The van der Waals surface area contributed by atoms with Gasteiger partial charge in [0.1, 0.15) is 122 Å². The Kier molecular flexibility index (Phi) is 18.1. The molecular weight excluding hydrogens is 852 g/mol. The Labute approximate surface area is 351 Å². The number of hydrogen-bond donors (Lipinski definition) is 17. The first kappa shape index (κ1) is 51.0. The van der Waals surface area contributed by atoms with Crippen LogP contribution in [0.15, 0.2) is 0 Å². The van der Waals surface area contributed by atoms with E-state index in [-0.39, 0.29) is 0 Å². The average molecular weight is 911 g/mol. The van der Waals surface area contributed by atoms with Gasteiger partial charge in [0.2, 0.25) is 11.8 Å². The van der Waals surface area contributed by atoms with Crippen molar-refractivity contribution in [2.45, 2.75) is 167 Å². The second-order valence-corrected chi connectivity index (χ2v) is 15.5. The standard InChI is InChI=1S/C34H58N2O26/c1-8(40)35-15-20(45)28(11(4-38)56-30(15)53)61-31-16(36-9(2)41)21(46)29(12(5-39)58-31)62-34-27(52)24(49)19(44)14(60-34)7-55-33-26(51)23(48)18(43)13(59-33)6-54-32-25(50)22(47)17(42)10(3-37)57-32/h10-34,37-39,42-53H,3-7H2,1-2H3,(H,35,40)(H,36,41)/t10-,11-,12-,13-,14-,15-,16-,17-,18-,19-,20-,21-,22+,23+,24+,25+,26+,27+,28-,29-,30-,31-,32-,33+,34+/m1/s1. The van der Waals surface area contributed by atoms with E-state index in [0.29, 0.717) is 0 Å². The Morgan fingerprint density at radius 1 is 0.419 bits per heavy atom. The van der Waals surface area contributed by atoms with Crippen LogP contribution in [0.4, 0.5) is 0 Å². The minimum atomic E-state index is -2.07. The van der Waals surface area contributed by atoms with Crippen molar-refractivity contribution < 1.29 is 129 Å². The molecule has 0 aromatic rings. The summed E-state index contributed by atoms with van der Waals surface area (Å²) in [4.78, 5) is 24.0. The number of aliphatic hydroxyl groups is 15. The molecular formula is C34H58N2O26. The van der Waals surface area contributed by atoms with Crippen molar-refractivity contribution in [1.29, 1.82) is 0 Å². The van der Waals surface area contributed by atoms with Crippen LogP contribution in [0.1, 0.15) is 13.8 Å². The van der Waals surface area contributed by atoms with Gasteiger partial charge in [-0.05, 0) is 0 Å². The largest absolute Gasteiger partial charge is 0.394 e. The third-order valence-electron chi connectivity index (χ3n) is 11.1. The molecule has 5 fully saturated rings. The smallest absolute Gasteiger partial charge is 0.217 e. The van der Waals surface area contributed by atoms with Gasteiger partial charge in [-0.3, -0.25) is 9.59 Å². The molecule has 0 aromatic heterocycles. The Bertz CT molecular complexity index is 1440. The highest BCUT2D eigenvalue weighted by Gasteiger charge is 2.55. The minimum Gasteiger partial charge on any atom is -0.394 e. The normalized spacial score (nSPS) is 49.0. The third kappa shape index (κ3) is 11.1. The van der Waals surface area contributed by atoms with Gasteiger partial charge in [-0.1, -0.05) is 0 Å². The predicted octanol–water partition coefficient (Wildman–Crippen LogP) is -11.6. The van der Waals surface area contributed by atoms with Gasteiger partial charge in [0.05, 0.1) is 33.0 Å². The van der Waals surface area contributed by atoms with E-state index < -0.39 is 198 Å². The third-order valence-corrected chi connectivity index (χ3v) is 11.1. The van der Waals surface area contributed by atoms with Gasteiger partial charge in [-0.2, -0.15) is 0 Å². The van der Waals surface area contributed by atoms with E-state index in [4.69, 9.17) is 42.6 Å². The van der Waals surface area contributed by atoms with Crippen molar-refractivity contribution in [2.24, 2.45) is 0 Å². The highest BCUT2D eigenvalue weighted by atomic mass is 16.8. The molecule has 5 saturated heterocycles. The lowest BCUT2D eigenvalue weighted by Crippen LogP contribution is -2.70. The first-order valence-corrected chi connectivity index (χ1v) is 19.6. The summed E-state index contributed by atoms with van der Waals surface area (Å²) in [7, 11) is 0. The van der Waals surface area contributed by atoms with Crippen LogP contribution in [0.25, 0.3) is 0 Å². The first-order chi connectivity index (χ1) is 29.2. The Morgan fingerprint density at radius 3 is 1.24 bits per heavy atom. The Hall–Kier alpha value is -2.02. The molecule has 2 amide bonds. The summed E-state index contributed by atoms with van der Waals surface area (Å²) in [6, 6.07) is -3.11. The quantitative estimate of drug-likeness (QED) is 0.0725. The van der Waals surface area contributed by atoms with Crippen molar-refractivity contribution in [2.75, 3.05) is 33.0 Å². The molecule has 25 atom stereocenters. The number of carbonyl (C=O) groups is 2. The SMILES string of the molecule is CC(=O)N[C@@H]1[C@@H](O)[C@H](O[C@H]2O[C@H](CO)[C@@H](O[C@@H]3O[C@H](CO[C@H]4O[C@H](CO[C@@H]5O[C@H](CO)[C@@H](O)[C@H](O)[C@@H]5O)[C@@H](O)[C@H](O)[C@@H]4O)[C@@H](O)[C@H](O)[C@@H]3O)[C@H](O)[C@H]2NC(C)=O)[C@@H](CO)O[C@H]1O. The second-order valence-electron chi connectivity index (χ2n) is 15.5. The summed E-state index contributed by atoms with van der Waals surface area (Å²) in [5, 5.41) is 162. The van der Waals surface area contributed by atoms with Crippen LogP contribution < -0.4 is 10.6 Å². The highest BCUT2D eigenvalue weighted by molar-refractivity contribution is 5.73. The topological polar surface area (TPSA) is 445 Å². The molecule has 0 unspecified atom stereocenters. The average Bonchev–Trinajstić information content (AvgIpc) is 3.23. The van der Waals surface area contributed by atoms with E-state index >= 15 is 0 Å². The molecule has 17 N–H and O–H groups in total. The zero-order valence-electron chi connectivity index (χ0n) is 33.2. The molecule has 5 aliphatic rings. The molecule has 28 nitrogen and oxygen atoms in total. The fourth-order valence-corrected chi connectivity index (χ4v) is 7.63. The molecule has 0 radical (unpaired) electrons. The molecule has 5 rings (SSSR count). The minimum absolute atomic E-state index is 0.678. The van der Waals surface area contributed by atoms with Crippen molar-refractivity contribution in [3.05, 3.63) is 0 Å². The van der Waals surface area contributed by atoms with E-state index in [1.54, 1.807) is 0 Å². The van der Waals surface area contributed by atoms with Crippen LogP contribution >= 0.6 is 0 Å². The van der Waals surface area contributed by atoms with Crippen LogP contribution in [-0.4, -0.2) is 275 Å². The summed E-state index contributed by atoms with van der Waals surface area (Å²) in [5.41, 5.74) is 0. The van der Waals surface area contributed by atoms with Gasteiger partial charge >= 0.3 is 0 Å². The number of ether oxygens (including phenoxy) is 9. The summed E-state index contributed by atoms with van der Waals surface area (Å²) in [6.07, 6.45) is -40.9. The fraction of sp³-hybridized carbons (Fsp3) is 0.941. The summed E-state index contributed by atoms with van der Waals surface area (Å²) < 4.78 is 50.2. The zero-order valence-corrected chi connectivity index (χ0v) is 33.2. The Morgan fingerprint density at radius 2 is 0.774 bits per heavy atom. The number of amides is 2. The van der Waals surface area contributed by atoms with E-state index in [9.17, 15) is 86.2 Å².